The highest BCUT2D eigenvalue weighted by Gasteiger charge is 2.09. The molecule has 2 rings (SSSR count). The standard InChI is InChI=1S/C15H16ClNO/c1-11(17)14-9-13(16)7-8-15(14)18-10-12-5-3-2-4-6-12/h2-9,11H,10,17H2,1H3/t11-/m1/s1. The molecule has 0 spiro atoms. The zero-order chi connectivity index (χ0) is 13.0. The summed E-state index contributed by atoms with van der Waals surface area (Å²) in [5, 5.41) is 0.675. The van der Waals surface area contributed by atoms with Crippen LogP contribution >= 0.6 is 11.6 Å². The Bertz CT molecular complexity index is 511. The topological polar surface area (TPSA) is 35.2 Å². The van der Waals surface area contributed by atoms with Gasteiger partial charge in [0.05, 0.1) is 0 Å². The van der Waals surface area contributed by atoms with Gasteiger partial charge in [0.1, 0.15) is 12.4 Å². The van der Waals surface area contributed by atoms with E-state index in [9.17, 15) is 0 Å². The first-order chi connectivity index (χ1) is 8.66. The minimum atomic E-state index is -0.102. The molecule has 1 atom stereocenters. The molecule has 0 aliphatic rings. The molecule has 0 aliphatic heterocycles. The van der Waals surface area contributed by atoms with Gasteiger partial charge in [-0.25, -0.2) is 0 Å². The lowest BCUT2D eigenvalue weighted by Crippen LogP contribution is -2.08. The molecule has 2 aromatic carbocycles. The Morgan fingerprint density at radius 1 is 1.17 bits per heavy atom. The van der Waals surface area contributed by atoms with Crippen LogP contribution in [0.2, 0.25) is 5.02 Å². The molecule has 0 aromatic heterocycles. The molecule has 0 radical (unpaired) electrons. The fourth-order valence-corrected chi connectivity index (χ4v) is 1.92. The fourth-order valence-electron chi connectivity index (χ4n) is 1.74. The second kappa shape index (κ2) is 5.89. The lowest BCUT2D eigenvalue weighted by molar-refractivity contribution is 0.301. The second-order valence-electron chi connectivity index (χ2n) is 4.25. The van der Waals surface area contributed by atoms with Crippen molar-refractivity contribution in [3.05, 3.63) is 64.7 Å². The van der Waals surface area contributed by atoms with Gasteiger partial charge >= 0.3 is 0 Å². The van der Waals surface area contributed by atoms with Crippen molar-refractivity contribution in [2.75, 3.05) is 0 Å². The number of nitrogens with two attached hydrogens (primary N) is 1. The van der Waals surface area contributed by atoms with Gasteiger partial charge < -0.3 is 10.5 Å². The van der Waals surface area contributed by atoms with Gasteiger partial charge in [-0.2, -0.15) is 0 Å². The van der Waals surface area contributed by atoms with E-state index in [0.29, 0.717) is 11.6 Å². The van der Waals surface area contributed by atoms with Crippen LogP contribution in [0.4, 0.5) is 0 Å². The minimum Gasteiger partial charge on any atom is -0.489 e. The highest BCUT2D eigenvalue weighted by Crippen LogP contribution is 2.27. The Labute approximate surface area is 112 Å². The molecule has 2 nitrogen and oxygen atoms in total. The third-order valence-electron chi connectivity index (χ3n) is 2.70. The third kappa shape index (κ3) is 3.25. The Hall–Kier alpha value is -1.51. The quantitative estimate of drug-likeness (QED) is 0.905. The van der Waals surface area contributed by atoms with Crippen LogP contribution in [-0.4, -0.2) is 0 Å². The molecule has 0 unspecified atom stereocenters. The summed E-state index contributed by atoms with van der Waals surface area (Å²) in [5.41, 5.74) is 7.97. The van der Waals surface area contributed by atoms with Crippen LogP contribution in [0.25, 0.3) is 0 Å². The number of rotatable bonds is 4. The Kier molecular flexibility index (Phi) is 4.24. The second-order valence-corrected chi connectivity index (χ2v) is 4.68. The van der Waals surface area contributed by atoms with E-state index >= 15 is 0 Å². The molecular formula is C15H16ClNO. The monoisotopic (exact) mass is 261 g/mol. The van der Waals surface area contributed by atoms with Gasteiger partial charge in [0.2, 0.25) is 0 Å². The van der Waals surface area contributed by atoms with E-state index in [0.717, 1.165) is 16.9 Å². The number of hydrogen-bond acceptors (Lipinski definition) is 2. The summed E-state index contributed by atoms with van der Waals surface area (Å²) >= 11 is 5.97. The van der Waals surface area contributed by atoms with E-state index in [4.69, 9.17) is 22.1 Å². The molecule has 0 aliphatic carbocycles. The maximum atomic E-state index is 5.97. The van der Waals surface area contributed by atoms with E-state index in [2.05, 4.69) is 0 Å². The maximum absolute atomic E-state index is 5.97. The molecular weight excluding hydrogens is 246 g/mol. The van der Waals surface area contributed by atoms with Gasteiger partial charge in [-0.3, -0.25) is 0 Å². The molecule has 0 saturated carbocycles. The summed E-state index contributed by atoms with van der Waals surface area (Å²) in [6.07, 6.45) is 0. The lowest BCUT2D eigenvalue weighted by atomic mass is 10.1. The van der Waals surface area contributed by atoms with E-state index in [-0.39, 0.29) is 6.04 Å². The molecule has 2 N–H and O–H groups in total. The van der Waals surface area contributed by atoms with Crippen LogP contribution in [0.3, 0.4) is 0 Å². The molecule has 3 heteroatoms. The van der Waals surface area contributed by atoms with Crippen molar-refractivity contribution in [3.63, 3.8) is 0 Å². The third-order valence-corrected chi connectivity index (χ3v) is 2.93. The van der Waals surface area contributed by atoms with Crippen LogP contribution in [0.5, 0.6) is 5.75 Å². The summed E-state index contributed by atoms with van der Waals surface area (Å²) < 4.78 is 5.80. The Morgan fingerprint density at radius 2 is 1.89 bits per heavy atom. The van der Waals surface area contributed by atoms with Crippen LogP contribution in [0.1, 0.15) is 24.1 Å². The van der Waals surface area contributed by atoms with E-state index in [1.54, 1.807) is 0 Å². The fraction of sp³-hybridized carbons (Fsp3) is 0.200. The van der Waals surface area contributed by atoms with Crippen molar-refractivity contribution in [3.8, 4) is 5.75 Å². The first kappa shape index (κ1) is 12.9. The predicted molar refractivity (Wildman–Crippen MR) is 74.8 cm³/mol. The lowest BCUT2D eigenvalue weighted by Gasteiger charge is -2.14. The van der Waals surface area contributed by atoms with Crippen molar-refractivity contribution < 1.29 is 4.74 Å². The van der Waals surface area contributed by atoms with Crippen LogP contribution < -0.4 is 10.5 Å². The van der Waals surface area contributed by atoms with Gasteiger partial charge in [-0.15, -0.1) is 0 Å². The molecule has 2 aromatic rings. The first-order valence-electron chi connectivity index (χ1n) is 5.88. The largest absolute Gasteiger partial charge is 0.489 e. The van der Waals surface area contributed by atoms with Gasteiger partial charge in [-0.05, 0) is 30.7 Å². The van der Waals surface area contributed by atoms with E-state index in [1.807, 2.05) is 55.5 Å². The van der Waals surface area contributed by atoms with Crippen molar-refractivity contribution in [1.82, 2.24) is 0 Å². The van der Waals surface area contributed by atoms with E-state index in [1.165, 1.54) is 0 Å². The van der Waals surface area contributed by atoms with E-state index < -0.39 is 0 Å². The maximum Gasteiger partial charge on any atom is 0.124 e. The van der Waals surface area contributed by atoms with Crippen molar-refractivity contribution in [2.24, 2.45) is 5.73 Å². The van der Waals surface area contributed by atoms with Crippen molar-refractivity contribution in [1.29, 1.82) is 0 Å². The Balaban J connectivity index is 2.14. The van der Waals surface area contributed by atoms with Gasteiger partial charge in [0, 0.05) is 16.6 Å². The van der Waals surface area contributed by atoms with Crippen molar-refractivity contribution in [2.45, 2.75) is 19.6 Å². The number of benzene rings is 2. The summed E-state index contributed by atoms with van der Waals surface area (Å²) in [4.78, 5) is 0. The number of halogens is 1. The zero-order valence-corrected chi connectivity index (χ0v) is 11.0. The molecule has 18 heavy (non-hydrogen) atoms. The van der Waals surface area contributed by atoms with Gasteiger partial charge in [0.15, 0.2) is 0 Å². The van der Waals surface area contributed by atoms with Gasteiger partial charge in [0.25, 0.3) is 0 Å². The number of ether oxygens (including phenoxy) is 1. The molecule has 94 valence electrons. The van der Waals surface area contributed by atoms with Crippen LogP contribution in [0, 0.1) is 0 Å². The Morgan fingerprint density at radius 3 is 2.56 bits per heavy atom. The highest BCUT2D eigenvalue weighted by molar-refractivity contribution is 6.30. The summed E-state index contributed by atoms with van der Waals surface area (Å²) in [6.45, 7) is 2.45. The number of hydrogen-bond donors (Lipinski definition) is 1. The normalized spacial score (nSPS) is 12.2. The summed E-state index contributed by atoms with van der Waals surface area (Å²) in [7, 11) is 0. The van der Waals surface area contributed by atoms with Gasteiger partial charge in [-0.1, -0.05) is 41.9 Å². The summed E-state index contributed by atoms with van der Waals surface area (Å²) in [5.74, 6) is 0.790. The molecule has 0 amide bonds. The molecule has 0 bridgehead atoms. The van der Waals surface area contributed by atoms with Crippen LogP contribution in [-0.2, 0) is 6.61 Å². The predicted octanol–water partition coefficient (Wildman–Crippen LogP) is 3.94. The smallest absolute Gasteiger partial charge is 0.124 e. The SMILES string of the molecule is C[C@@H](N)c1cc(Cl)ccc1OCc1ccccc1. The molecule has 0 fully saturated rings. The molecule has 0 saturated heterocycles. The first-order valence-corrected chi connectivity index (χ1v) is 6.26. The average molecular weight is 262 g/mol. The van der Waals surface area contributed by atoms with Crippen LogP contribution in [0.15, 0.2) is 48.5 Å². The molecule has 0 heterocycles. The minimum absolute atomic E-state index is 0.102. The highest BCUT2D eigenvalue weighted by atomic mass is 35.5. The summed E-state index contributed by atoms with van der Waals surface area (Å²) in [6, 6.07) is 15.5. The average Bonchev–Trinajstić information content (AvgIpc) is 2.38. The van der Waals surface area contributed by atoms with Crippen molar-refractivity contribution >= 4 is 11.6 Å². The zero-order valence-electron chi connectivity index (χ0n) is 10.3.